The van der Waals surface area contributed by atoms with E-state index in [1.807, 2.05) is 12.5 Å². The molecule has 0 saturated carbocycles. The zero-order valence-electron chi connectivity index (χ0n) is 10.1. The normalized spacial score (nSPS) is 20.4. The fourth-order valence-corrected chi connectivity index (χ4v) is 3.23. The van der Waals surface area contributed by atoms with Crippen LogP contribution in [0, 0.1) is 0 Å². The van der Waals surface area contributed by atoms with E-state index in [4.69, 9.17) is 4.74 Å². The van der Waals surface area contributed by atoms with Crippen LogP contribution in [0.1, 0.15) is 19.3 Å². The summed E-state index contributed by atoms with van der Waals surface area (Å²) in [5.41, 5.74) is 0.463. The van der Waals surface area contributed by atoms with Crippen LogP contribution in [0.4, 0.5) is 0 Å². The molecule has 2 aliphatic rings. The van der Waals surface area contributed by atoms with Gasteiger partial charge < -0.3 is 9.64 Å². The number of amidine groups is 1. The minimum Gasteiger partial charge on any atom is -0.387 e. The summed E-state index contributed by atoms with van der Waals surface area (Å²) in [4.78, 5) is 18.1. The molecule has 17 heavy (non-hydrogen) atoms. The predicted molar refractivity (Wildman–Crippen MR) is 73.0 cm³/mol. The van der Waals surface area contributed by atoms with Gasteiger partial charge in [-0.2, -0.15) is 4.99 Å². The monoisotopic (exact) mass is 272 g/mol. The molecule has 2 rings (SSSR count). The summed E-state index contributed by atoms with van der Waals surface area (Å²) in [5.74, 6) is -0.315. The Morgan fingerprint density at radius 3 is 2.47 bits per heavy atom. The highest BCUT2D eigenvalue weighted by Crippen LogP contribution is 2.31. The lowest BCUT2D eigenvalue weighted by Crippen LogP contribution is -2.36. The van der Waals surface area contributed by atoms with Gasteiger partial charge in [-0.3, -0.25) is 0 Å². The maximum atomic E-state index is 11.7. The third kappa shape index (κ3) is 2.80. The molecule has 1 fully saturated rings. The van der Waals surface area contributed by atoms with Gasteiger partial charge in [-0.1, -0.05) is 0 Å². The zero-order chi connectivity index (χ0) is 12.3. The van der Waals surface area contributed by atoms with E-state index >= 15 is 0 Å². The third-order valence-electron chi connectivity index (χ3n) is 2.78. The summed E-state index contributed by atoms with van der Waals surface area (Å²) in [7, 11) is 0. The second kappa shape index (κ2) is 5.82. The van der Waals surface area contributed by atoms with Crippen LogP contribution in [0.25, 0.3) is 0 Å². The van der Waals surface area contributed by atoms with Gasteiger partial charge in [-0.25, -0.2) is 4.79 Å². The van der Waals surface area contributed by atoms with E-state index in [2.05, 4.69) is 9.89 Å². The second-order valence-electron chi connectivity index (χ2n) is 3.88. The van der Waals surface area contributed by atoms with Crippen LogP contribution < -0.4 is 0 Å². The average Bonchev–Trinajstić information content (AvgIpc) is 2.75. The Kier molecular flexibility index (Phi) is 4.39. The van der Waals surface area contributed by atoms with Crippen LogP contribution in [-0.4, -0.2) is 42.5 Å². The molecule has 0 atom stereocenters. The minimum atomic E-state index is -0.315. The molecule has 2 aliphatic heterocycles. The molecule has 4 nitrogen and oxygen atoms in total. The van der Waals surface area contributed by atoms with Gasteiger partial charge in [0.2, 0.25) is 0 Å². The number of ether oxygens (including phenoxy) is 1. The first-order valence-electron chi connectivity index (χ1n) is 5.64. The summed E-state index contributed by atoms with van der Waals surface area (Å²) >= 11 is 3.07. The number of piperidine rings is 1. The Morgan fingerprint density at radius 2 is 1.88 bits per heavy atom. The van der Waals surface area contributed by atoms with Crippen molar-refractivity contribution in [3.8, 4) is 0 Å². The summed E-state index contributed by atoms with van der Waals surface area (Å²) in [6.07, 6.45) is 7.43. The first-order valence-corrected chi connectivity index (χ1v) is 8.09. The number of hydrogen-bond acceptors (Lipinski definition) is 6. The quantitative estimate of drug-likeness (QED) is 0.570. The fraction of sp³-hybridized carbons (Fsp3) is 0.636. The van der Waals surface area contributed by atoms with Gasteiger partial charge in [-0.15, -0.1) is 23.5 Å². The summed E-state index contributed by atoms with van der Waals surface area (Å²) < 4.78 is 6.17. The van der Waals surface area contributed by atoms with Gasteiger partial charge in [0.15, 0.2) is 5.70 Å². The molecule has 94 valence electrons. The van der Waals surface area contributed by atoms with Crippen LogP contribution >= 0.6 is 23.5 Å². The van der Waals surface area contributed by atoms with Crippen molar-refractivity contribution in [2.45, 2.75) is 19.3 Å². The Bertz CT molecular complexity index is 368. The molecule has 0 spiro atoms. The Hall–Kier alpha value is -0.620. The van der Waals surface area contributed by atoms with E-state index in [0.29, 0.717) is 11.7 Å². The van der Waals surface area contributed by atoms with Crippen molar-refractivity contribution in [3.63, 3.8) is 0 Å². The molecule has 0 bridgehead atoms. The van der Waals surface area contributed by atoms with Crippen LogP contribution in [0.5, 0.6) is 0 Å². The van der Waals surface area contributed by atoms with Crippen molar-refractivity contribution >= 4 is 35.5 Å². The van der Waals surface area contributed by atoms with Crippen molar-refractivity contribution in [2.75, 3.05) is 25.6 Å². The van der Waals surface area contributed by atoms with Crippen LogP contribution in [0.2, 0.25) is 0 Å². The summed E-state index contributed by atoms with van der Waals surface area (Å²) in [6, 6.07) is 0.491. The van der Waals surface area contributed by atoms with Crippen molar-refractivity contribution < 1.29 is 9.53 Å². The number of esters is 1. The number of nitrogens with zero attached hydrogens (tertiary/aromatic N) is 2. The van der Waals surface area contributed by atoms with E-state index in [1.54, 1.807) is 0 Å². The number of thioether (sulfide) groups is 2. The number of likely N-dealkylation sites (tertiary alicyclic amines) is 1. The van der Waals surface area contributed by atoms with Crippen LogP contribution in [0.3, 0.4) is 0 Å². The highest BCUT2D eigenvalue weighted by atomic mass is 32.2. The number of cyclic esters (lactones) is 1. The summed E-state index contributed by atoms with van der Waals surface area (Å²) in [6.45, 7) is 1.88. The highest BCUT2D eigenvalue weighted by Gasteiger charge is 2.30. The maximum Gasteiger partial charge on any atom is 0.366 e. The molecule has 0 aromatic heterocycles. The van der Waals surface area contributed by atoms with Gasteiger partial charge >= 0.3 is 12.0 Å². The minimum absolute atomic E-state index is 0.315. The van der Waals surface area contributed by atoms with E-state index in [-0.39, 0.29) is 5.97 Å². The van der Waals surface area contributed by atoms with E-state index in [0.717, 1.165) is 30.2 Å². The zero-order valence-corrected chi connectivity index (χ0v) is 11.7. The topological polar surface area (TPSA) is 41.9 Å². The van der Waals surface area contributed by atoms with Crippen LogP contribution in [0.15, 0.2) is 14.9 Å². The van der Waals surface area contributed by atoms with Gasteiger partial charge in [-0.05, 0) is 31.8 Å². The molecular formula is C11H16N2O2S2. The second-order valence-corrected chi connectivity index (χ2v) is 5.77. The van der Waals surface area contributed by atoms with Crippen molar-refractivity contribution in [3.05, 3.63) is 9.93 Å². The van der Waals surface area contributed by atoms with Gasteiger partial charge in [0.1, 0.15) is 0 Å². The molecule has 0 radical (unpaired) electrons. The lowest BCUT2D eigenvalue weighted by atomic mass is 10.1. The van der Waals surface area contributed by atoms with E-state index in [1.165, 1.54) is 29.9 Å². The largest absolute Gasteiger partial charge is 0.387 e. The first kappa shape index (κ1) is 12.8. The molecule has 0 unspecified atom stereocenters. The fourth-order valence-electron chi connectivity index (χ4n) is 1.92. The van der Waals surface area contributed by atoms with Gasteiger partial charge in [0.05, 0.1) is 4.24 Å². The molecule has 1 saturated heterocycles. The lowest BCUT2D eigenvalue weighted by Gasteiger charge is -2.26. The third-order valence-corrected chi connectivity index (χ3v) is 4.90. The Balaban J connectivity index is 2.18. The number of carbonyl (C=O) groups excluding carboxylic acids is 1. The number of rotatable bonds is 2. The maximum absolute atomic E-state index is 11.7. The van der Waals surface area contributed by atoms with Gasteiger partial charge in [0, 0.05) is 13.1 Å². The SMILES string of the molecule is CSC(SC)=C1N=C(N2CCCCC2)OC1=O. The van der Waals surface area contributed by atoms with Crippen molar-refractivity contribution in [1.82, 2.24) is 4.90 Å². The van der Waals surface area contributed by atoms with Crippen LogP contribution in [-0.2, 0) is 9.53 Å². The molecule has 0 aromatic carbocycles. The molecule has 0 amide bonds. The number of aliphatic imine (C=N–C) groups is 1. The van der Waals surface area contributed by atoms with Crippen molar-refractivity contribution in [2.24, 2.45) is 4.99 Å². The molecule has 0 aliphatic carbocycles. The highest BCUT2D eigenvalue weighted by molar-refractivity contribution is 8.21. The Labute approximate surface area is 110 Å². The first-order chi connectivity index (χ1) is 8.26. The number of hydrogen-bond donors (Lipinski definition) is 0. The molecule has 6 heteroatoms. The standard InChI is InChI=1S/C11H16N2O2S2/c1-16-10(17-2)8-9(14)15-11(12-8)13-6-4-3-5-7-13/h3-7H2,1-2H3. The smallest absolute Gasteiger partial charge is 0.366 e. The van der Waals surface area contributed by atoms with E-state index < -0.39 is 0 Å². The average molecular weight is 272 g/mol. The van der Waals surface area contributed by atoms with E-state index in [9.17, 15) is 4.79 Å². The molecular weight excluding hydrogens is 256 g/mol. The van der Waals surface area contributed by atoms with Gasteiger partial charge in [0.25, 0.3) is 0 Å². The molecule has 0 N–H and O–H groups in total. The lowest BCUT2D eigenvalue weighted by molar-refractivity contribution is -0.130. The Morgan fingerprint density at radius 1 is 1.24 bits per heavy atom. The number of carbonyl (C=O) groups is 1. The summed E-state index contributed by atoms with van der Waals surface area (Å²) in [5, 5.41) is 0. The molecule has 2 heterocycles. The van der Waals surface area contributed by atoms with Crippen molar-refractivity contribution in [1.29, 1.82) is 0 Å². The molecule has 0 aromatic rings. The predicted octanol–water partition coefficient (Wildman–Crippen LogP) is 2.28.